The first-order valence-corrected chi connectivity index (χ1v) is 7.44. The fourth-order valence-electron chi connectivity index (χ4n) is 2.15. The van der Waals surface area contributed by atoms with Crippen molar-refractivity contribution in [1.29, 1.82) is 0 Å². The Morgan fingerprint density at radius 3 is 2.86 bits per heavy atom. The predicted octanol–water partition coefficient (Wildman–Crippen LogP) is 2.36. The number of unbranched alkanes of at least 4 members (excludes halogenated alkanes) is 1. The Balaban J connectivity index is 1.73. The zero-order valence-electron chi connectivity index (χ0n) is 12.8. The maximum atomic E-state index is 11.5. The van der Waals surface area contributed by atoms with E-state index in [1.807, 2.05) is 37.3 Å². The van der Waals surface area contributed by atoms with Crippen molar-refractivity contribution in [2.24, 2.45) is 10.7 Å². The predicted molar refractivity (Wildman–Crippen MR) is 91.2 cm³/mol. The molecule has 0 aliphatic heterocycles. The minimum Gasteiger partial charge on any atom is -0.370 e. The van der Waals surface area contributed by atoms with Crippen LogP contribution in [0.2, 0.25) is 0 Å². The molecule has 0 spiro atoms. The van der Waals surface area contributed by atoms with E-state index in [4.69, 9.17) is 5.73 Å². The number of aromatic nitrogens is 1. The maximum Gasteiger partial charge on any atom is 0.250 e. The molecular formula is C17H22N4O. The number of benzene rings is 1. The molecule has 3 N–H and O–H groups in total. The van der Waals surface area contributed by atoms with Crippen molar-refractivity contribution in [2.45, 2.75) is 26.3 Å². The van der Waals surface area contributed by atoms with Crippen molar-refractivity contribution in [3.05, 3.63) is 64.6 Å². The number of hydrogen-bond acceptors (Lipinski definition) is 2. The van der Waals surface area contributed by atoms with E-state index in [1.54, 1.807) is 22.9 Å². The van der Waals surface area contributed by atoms with Gasteiger partial charge in [-0.25, -0.2) is 0 Å². The normalized spacial score (nSPS) is 11.4. The molecule has 0 unspecified atom stereocenters. The average Bonchev–Trinajstić information content (AvgIpc) is 2.48. The second-order valence-electron chi connectivity index (χ2n) is 5.20. The molecule has 0 aliphatic rings. The van der Waals surface area contributed by atoms with Crippen LogP contribution in [0.1, 0.15) is 18.4 Å². The summed E-state index contributed by atoms with van der Waals surface area (Å²) in [5.74, 6) is 0.419. The Bertz CT molecular complexity index is 691. The summed E-state index contributed by atoms with van der Waals surface area (Å²) < 4.78 is 1.71. The number of nitrogens with two attached hydrogens (primary N) is 1. The third-order valence-electron chi connectivity index (χ3n) is 3.28. The van der Waals surface area contributed by atoms with Gasteiger partial charge in [0.05, 0.1) is 0 Å². The molecule has 1 aromatic carbocycles. The molecule has 0 fully saturated rings. The number of guanidine groups is 1. The number of anilines is 1. The molecule has 2 aromatic rings. The van der Waals surface area contributed by atoms with Gasteiger partial charge in [-0.2, -0.15) is 0 Å². The molecule has 0 radical (unpaired) electrons. The quantitative estimate of drug-likeness (QED) is 0.488. The third kappa shape index (κ3) is 5.09. The lowest BCUT2D eigenvalue weighted by molar-refractivity contribution is 0.599. The zero-order chi connectivity index (χ0) is 15.8. The molecule has 0 atom stereocenters. The molecule has 1 heterocycles. The van der Waals surface area contributed by atoms with E-state index in [0.717, 1.165) is 18.5 Å². The number of pyridine rings is 1. The Morgan fingerprint density at radius 2 is 2.09 bits per heavy atom. The smallest absolute Gasteiger partial charge is 0.250 e. The molecule has 5 heteroatoms. The summed E-state index contributed by atoms with van der Waals surface area (Å²) in [6.07, 6.45) is 3.59. The van der Waals surface area contributed by atoms with E-state index in [-0.39, 0.29) is 5.56 Å². The molecule has 0 saturated carbocycles. The first-order valence-electron chi connectivity index (χ1n) is 7.44. The van der Waals surface area contributed by atoms with Gasteiger partial charge in [-0.3, -0.25) is 9.79 Å². The topological polar surface area (TPSA) is 72.4 Å². The zero-order valence-corrected chi connectivity index (χ0v) is 12.8. The molecular weight excluding hydrogens is 276 g/mol. The van der Waals surface area contributed by atoms with Crippen molar-refractivity contribution in [3.63, 3.8) is 0 Å². The van der Waals surface area contributed by atoms with Crippen molar-refractivity contribution >= 4 is 11.6 Å². The van der Waals surface area contributed by atoms with Crippen LogP contribution < -0.4 is 16.6 Å². The minimum absolute atomic E-state index is 0.0339. The first kappa shape index (κ1) is 15.8. The summed E-state index contributed by atoms with van der Waals surface area (Å²) in [5, 5.41) is 3.07. The number of nitrogens with zero attached hydrogens (tertiary/aromatic N) is 2. The van der Waals surface area contributed by atoms with E-state index in [9.17, 15) is 4.79 Å². The van der Waals surface area contributed by atoms with Gasteiger partial charge >= 0.3 is 0 Å². The molecule has 116 valence electrons. The highest BCUT2D eigenvalue weighted by Crippen LogP contribution is 2.08. The average molecular weight is 298 g/mol. The van der Waals surface area contributed by atoms with Gasteiger partial charge in [0.15, 0.2) is 5.96 Å². The van der Waals surface area contributed by atoms with Crippen LogP contribution >= 0.6 is 0 Å². The van der Waals surface area contributed by atoms with Gasteiger partial charge in [-0.05, 0) is 43.5 Å². The van der Waals surface area contributed by atoms with Crippen molar-refractivity contribution in [2.75, 3.05) is 11.9 Å². The molecule has 22 heavy (non-hydrogen) atoms. The first-order chi connectivity index (χ1) is 10.6. The van der Waals surface area contributed by atoms with E-state index < -0.39 is 0 Å². The van der Waals surface area contributed by atoms with E-state index in [1.165, 1.54) is 5.56 Å². The summed E-state index contributed by atoms with van der Waals surface area (Å²) in [7, 11) is 0. The van der Waals surface area contributed by atoms with Crippen LogP contribution in [0.25, 0.3) is 0 Å². The van der Waals surface area contributed by atoms with Crippen LogP contribution in [0.15, 0.2) is 58.4 Å². The lowest BCUT2D eigenvalue weighted by Crippen LogP contribution is -2.23. The van der Waals surface area contributed by atoms with E-state index in [2.05, 4.69) is 10.3 Å². The van der Waals surface area contributed by atoms with Crippen LogP contribution in [0.3, 0.4) is 0 Å². The molecule has 1 aromatic heterocycles. The SMILES string of the molecule is Cc1cccc(NC(N)=NCCCCn2ccccc2=O)c1. The Labute approximate surface area is 130 Å². The largest absolute Gasteiger partial charge is 0.370 e. The summed E-state index contributed by atoms with van der Waals surface area (Å²) in [6.45, 7) is 3.39. The standard InChI is InChI=1S/C17H22N4O/c1-14-7-6-8-15(13-14)20-17(18)19-10-3-5-12-21-11-4-2-9-16(21)22/h2,4,6-9,11,13H,3,5,10,12H2,1H3,(H3,18,19,20). The molecule has 2 rings (SSSR count). The summed E-state index contributed by atoms with van der Waals surface area (Å²) >= 11 is 0. The second-order valence-corrected chi connectivity index (χ2v) is 5.20. The third-order valence-corrected chi connectivity index (χ3v) is 3.28. The molecule has 0 amide bonds. The Kier molecular flexibility index (Phi) is 5.77. The van der Waals surface area contributed by atoms with Crippen LogP contribution in [0, 0.1) is 6.92 Å². The van der Waals surface area contributed by atoms with Gasteiger partial charge in [-0.1, -0.05) is 18.2 Å². The molecule has 0 saturated heterocycles. The van der Waals surface area contributed by atoms with Gasteiger partial charge < -0.3 is 15.6 Å². The summed E-state index contributed by atoms with van der Waals surface area (Å²) in [4.78, 5) is 15.8. The number of aryl methyl sites for hydroxylation is 2. The highest BCUT2D eigenvalue weighted by Gasteiger charge is 1.96. The second kappa shape index (κ2) is 8.02. The van der Waals surface area contributed by atoms with Crippen LogP contribution in [0.4, 0.5) is 5.69 Å². The van der Waals surface area contributed by atoms with Crippen molar-refractivity contribution in [3.8, 4) is 0 Å². The number of hydrogen-bond donors (Lipinski definition) is 2. The van der Waals surface area contributed by atoms with Gasteiger partial charge in [0.25, 0.3) is 0 Å². The highest BCUT2D eigenvalue weighted by atomic mass is 16.1. The fourth-order valence-corrected chi connectivity index (χ4v) is 2.15. The number of nitrogens with one attached hydrogen (secondary N) is 1. The van der Waals surface area contributed by atoms with Crippen LogP contribution in [-0.2, 0) is 6.54 Å². The molecule has 0 bridgehead atoms. The lowest BCUT2D eigenvalue weighted by Gasteiger charge is -2.07. The molecule has 5 nitrogen and oxygen atoms in total. The van der Waals surface area contributed by atoms with Crippen molar-refractivity contribution < 1.29 is 0 Å². The molecule has 0 aliphatic carbocycles. The van der Waals surface area contributed by atoms with Gasteiger partial charge in [-0.15, -0.1) is 0 Å². The van der Waals surface area contributed by atoms with E-state index >= 15 is 0 Å². The lowest BCUT2D eigenvalue weighted by atomic mass is 10.2. The Morgan fingerprint density at radius 1 is 1.23 bits per heavy atom. The van der Waals surface area contributed by atoms with Gasteiger partial charge in [0.2, 0.25) is 5.56 Å². The van der Waals surface area contributed by atoms with Crippen molar-refractivity contribution in [1.82, 2.24) is 4.57 Å². The summed E-state index contributed by atoms with van der Waals surface area (Å²) in [6, 6.07) is 13.2. The highest BCUT2D eigenvalue weighted by molar-refractivity contribution is 5.92. The maximum absolute atomic E-state index is 11.5. The van der Waals surface area contributed by atoms with E-state index in [0.29, 0.717) is 19.0 Å². The Hall–Kier alpha value is -2.56. The number of aliphatic imine (C=N–C) groups is 1. The minimum atomic E-state index is 0.0339. The number of rotatable bonds is 6. The van der Waals surface area contributed by atoms with Crippen LogP contribution in [0.5, 0.6) is 0 Å². The summed E-state index contributed by atoms with van der Waals surface area (Å²) in [5.41, 5.74) is 8.00. The monoisotopic (exact) mass is 298 g/mol. The fraction of sp³-hybridized carbons (Fsp3) is 0.294. The van der Waals surface area contributed by atoms with Gasteiger partial charge in [0.1, 0.15) is 0 Å². The van der Waals surface area contributed by atoms with Gasteiger partial charge in [0, 0.05) is 31.0 Å². The van der Waals surface area contributed by atoms with Crippen LogP contribution in [-0.4, -0.2) is 17.1 Å².